The predicted octanol–water partition coefficient (Wildman–Crippen LogP) is 0.739. The fraction of sp³-hybridized carbons (Fsp3) is 1.00. The summed E-state index contributed by atoms with van der Waals surface area (Å²) in [6.45, 7) is 4.52. The molecule has 1 saturated heterocycles. The van der Waals surface area contributed by atoms with Crippen molar-refractivity contribution >= 4 is 0 Å². The lowest BCUT2D eigenvalue weighted by Crippen LogP contribution is -2.45. The minimum atomic E-state index is -0.305. The molecule has 2 atom stereocenters. The summed E-state index contributed by atoms with van der Waals surface area (Å²) in [5, 5.41) is 3.25. The topological polar surface area (TPSA) is 30.5 Å². The summed E-state index contributed by atoms with van der Waals surface area (Å²) in [6, 6.07) is 0. The Labute approximate surface area is 78.6 Å². The van der Waals surface area contributed by atoms with Gasteiger partial charge in [-0.15, -0.1) is 0 Å². The van der Waals surface area contributed by atoms with Gasteiger partial charge in [0.05, 0.1) is 25.5 Å². The Morgan fingerprint density at radius 2 is 2.38 bits per heavy atom. The average molecular weight is 191 g/mol. The van der Waals surface area contributed by atoms with Crippen LogP contribution in [0.15, 0.2) is 0 Å². The van der Waals surface area contributed by atoms with Crippen LogP contribution in [0, 0.1) is 0 Å². The van der Waals surface area contributed by atoms with Crippen molar-refractivity contribution in [1.82, 2.24) is 5.32 Å². The van der Waals surface area contributed by atoms with Crippen LogP contribution in [-0.2, 0) is 9.47 Å². The molecule has 1 aliphatic heterocycles. The molecule has 0 bridgehead atoms. The maximum absolute atomic E-state index is 11.7. The first-order chi connectivity index (χ1) is 6.33. The summed E-state index contributed by atoms with van der Waals surface area (Å²) in [7, 11) is 0. The first-order valence-electron chi connectivity index (χ1n) is 4.83. The van der Waals surface area contributed by atoms with Gasteiger partial charge in [-0.25, -0.2) is 0 Å². The molecule has 1 heterocycles. The number of hydrogen-bond donors (Lipinski definition) is 1. The predicted molar refractivity (Wildman–Crippen MR) is 48.6 cm³/mol. The minimum Gasteiger partial charge on any atom is -0.379 e. The van der Waals surface area contributed by atoms with Crippen molar-refractivity contribution in [2.24, 2.45) is 0 Å². The summed E-state index contributed by atoms with van der Waals surface area (Å²) in [5.74, 6) is 0. The highest BCUT2D eigenvalue weighted by molar-refractivity contribution is 4.71. The van der Waals surface area contributed by atoms with E-state index in [9.17, 15) is 4.39 Å². The van der Waals surface area contributed by atoms with Gasteiger partial charge in [0.15, 0.2) is 0 Å². The molecule has 1 aliphatic rings. The maximum atomic E-state index is 11.7. The molecule has 78 valence electrons. The molecule has 4 heteroatoms. The monoisotopic (exact) mass is 191 g/mol. The van der Waals surface area contributed by atoms with Crippen LogP contribution >= 0.6 is 0 Å². The Kier molecular flexibility index (Phi) is 5.27. The molecule has 3 nitrogen and oxygen atoms in total. The van der Waals surface area contributed by atoms with E-state index in [4.69, 9.17) is 9.47 Å². The molecule has 13 heavy (non-hydrogen) atoms. The van der Waals surface area contributed by atoms with Gasteiger partial charge in [-0.1, -0.05) is 0 Å². The fourth-order valence-corrected chi connectivity index (χ4v) is 1.34. The van der Waals surface area contributed by atoms with E-state index in [0.29, 0.717) is 19.6 Å². The molecule has 0 saturated carbocycles. The highest BCUT2D eigenvalue weighted by Gasteiger charge is 2.18. The molecule has 0 aromatic heterocycles. The van der Waals surface area contributed by atoms with E-state index in [1.807, 2.05) is 6.92 Å². The number of morpholine rings is 1. The van der Waals surface area contributed by atoms with E-state index < -0.39 is 0 Å². The van der Waals surface area contributed by atoms with E-state index in [0.717, 1.165) is 13.1 Å². The van der Waals surface area contributed by atoms with Crippen molar-refractivity contribution in [1.29, 1.82) is 0 Å². The van der Waals surface area contributed by atoms with Crippen LogP contribution in [0.2, 0.25) is 0 Å². The largest absolute Gasteiger partial charge is 0.379 e. The van der Waals surface area contributed by atoms with E-state index in [1.165, 1.54) is 0 Å². The molecule has 0 aromatic rings. The smallest absolute Gasteiger partial charge is 0.0936 e. The van der Waals surface area contributed by atoms with Crippen molar-refractivity contribution in [2.45, 2.75) is 25.6 Å². The standard InChI is InChI=1S/C9H18FNO2/c1-8-5-11-6-9(13-8)7-12-4-2-3-10/h8-9,11H,2-7H2,1H3. The Bertz CT molecular complexity index is 135. The van der Waals surface area contributed by atoms with E-state index in [1.54, 1.807) is 0 Å². The van der Waals surface area contributed by atoms with Crippen molar-refractivity contribution in [3.63, 3.8) is 0 Å². The zero-order valence-electron chi connectivity index (χ0n) is 8.09. The van der Waals surface area contributed by atoms with E-state index in [2.05, 4.69) is 5.32 Å². The van der Waals surface area contributed by atoms with E-state index in [-0.39, 0.29) is 18.9 Å². The number of alkyl halides is 1. The zero-order chi connectivity index (χ0) is 9.52. The lowest BCUT2D eigenvalue weighted by atomic mass is 10.2. The van der Waals surface area contributed by atoms with Crippen LogP contribution in [0.4, 0.5) is 4.39 Å². The van der Waals surface area contributed by atoms with Gasteiger partial charge in [-0.05, 0) is 13.3 Å². The molecule has 1 N–H and O–H groups in total. The molecule has 1 fully saturated rings. The number of halogens is 1. The number of hydrogen-bond acceptors (Lipinski definition) is 3. The molecule has 0 amide bonds. The Balaban J connectivity index is 2.00. The second-order valence-electron chi connectivity index (χ2n) is 3.34. The molecular weight excluding hydrogens is 173 g/mol. The second-order valence-corrected chi connectivity index (χ2v) is 3.34. The van der Waals surface area contributed by atoms with Crippen LogP contribution in [-0.4, -0.2) is 45.2 Å². The fourth-order valence-electron chi connectivity index (χ4n) is 1.34. The third-order valence-corrected chi connectivity index (χ3v) is 1.95. The molecule has 0 aliphatic carbocycles. The number of nitrogens with one attached hydrogen (secondary N) is 1. The molecule has 1 rings (SSSR count). The highest BCUT2D eigenvalue weighted by atomic mass is 19.1. The van der Waals surface area contributed by atoms with Crippen molar-refractivity contribution < 1.29 is 13.9 Å². The molecule has 2 unspecified atom stereocenters. The molecular formula is C9H18FNO2. The van der Waals surface area contributed by atoms with Gasteiger partial charge in [0.1, 0.15) is 0 Å². The van der Waals surface area contributed by atoms with Gasteiger partial charge >= 0.3 is 0 Å². The lowest BCUT2D eigenvalue weighted by Gasteiger charge is -2.28. The summed E-state index contributed by atoms with van der Waals surface area (Å²) in [4.78, 5) is 0. The maximum Gasteiger partial charge on any atom is 0.0936 e. The summed E-state index contributed by atoms with van der Waals surface area (Å²) in [6.07, 6.45) is 0.863. The number of rotatable bonds is 5. The molecule has 0 spiro atoms. The highest BCUT2D eigenvalue weighted by Crippen LogP contribution is 2.03. The average Bonchev–Trinajstić information content (AvgIpc) is 2.13. The van der Waals surface area contributed by atoms with Crippen molar-refractivity contribution in [3.8, 4) is 0 Å². The van der Waals surface area contributed by atoms with E-state index >= 15 is 0 Å². The lowest BCUT2D eigenvalue weighted by molar-refractivity contribution is -0.0690. The zero-order valence-corrected chi connectivity index (χ0v) is 8.09. The van der Waals surface area contributed by atoms with Gasteiger partial charge in [0, 0.05) is 19.7 Å². The molecule has 0 aromatic carbocycles. The second kappa shape index (κ2) is 6.29. The van der Waals surface area contributed by atoms with Gasteiger partial charge in [0.2, 0.25) is 0 Å². The van der Waals surface area contributed by atoms with Crippen LogP contribution in [0.3, 0.4) is 0 Å². The van der Waals surface area contributed by atoms with Crippen molar-refractivity contribution in [2.75, 3.05) is 33.0 Å². The Morgan fingerprint density at radius 1 is 1.54 bits per heavy atom. The summed E-state index contributed by atoms with van der Waals surface area (Å²) < 4.78 is 22.5. The van der Waals surface area contributed by atoms with Crippen LogP contribution in [0.5, 0.6) is 0 Å². The first-order valence-corrected chi connectivity index (χ1v) is 4.83. The van der Waals surface area contributed by atoms with Gasteiger partial charge in [-0.2, -0.15) is 0 Å². The van der Waals surface area contributed by atoms with Gasteiger partial charge < -0.3 is 14.8 Å². The Morgan fingerprint density at radius 3 is 3.08 bits per heavy atom. The Hall–Kier alpha value is -0.190. The number of ether oxygens (including phenoxy) is 2. The van der Waals surface area contributed by atoms with Crippen LogP contribution in [0.1, 0.15) is 13.3 Å². The summed E-state index contributed by atoms with van der Waals surface area (Å²) >= 11 is 0. The third kappa shape index (κ3) is 4.55. The van der Waals surface area contributed by atoms with Crippen molar-refractivity contribution in [3.05, 3.63) is 0 Å². The van der Waals surface area contributed by atoms with Crippen LogP contribution < -0.4 is 5.32 Å². The summed E-state index contributed by atoms with van der Waals surface area (Å²) in [5.41, 5.74) is 0. The normalized spacial score (nSPS) is 29.1. The SMILES string of the molecule is CC1CNCC(COCCCF)O1. The first kappa shape index (κ1) is 10.9. The quantitative estimate of drug-likeness (QED) is 0.650. The van der Waals surface area contributed by atoms with Gasteiger partial charge in [0.25, 0.3) is 0 Å². The third-order valence-electron chi connectivity index (χ3n) is 1.95. The minimum absolute atomic E-state index is 0.128. The van der Waals surface area contributed by atoms with Gasteiger partial charge in [-0.3, -0.25) is 4.39 Å². The molecule has 0 radical (unpaired) electrons. The van der Waals surface area contributed by atoms with Crippen LogP contribution in [0.25, 0.3) is 0 Å².